The molecule has 25 heavy (non-hydrogen) atoms. The molecule has 2 rings (SSSR count). The van der Waals surface area contributed by atoms with Crippen molar-refractivity contribution in [3.8, 4) is 5.75 Å². The van der Waals surface area contributed by atoms with E-state index in [1.54, 1.807) is 42.5 Å². The Bertz CT molecular complexity index is 728. The highest BCUT2D eigenvalue weighted by molar-refractivity contribution is 6.06. The van der Waals surface area contributed by atoms with Crippen LogP contribution in [0.1, 0.15) is 43.0 Å². The third-order valence-electron chi connectivity index (χ3n) is 3.76. The van der Waals surface area contributed by atoms with Crippen LogP contribution in [0.5, 0.6) is 5.75 Å². The lowest BCUT2D eigenvalue weighted by atomic mass is 10.1. The zero-order valence-corrected chi connectivity index (χ0v) is 14.7. The van der Waals surface area contributed by atoms with Gasteiger partial charge in [0.15, 0.2) is 0 Å². The van der Waals surface area contributed by atoms with Crippen LogP contribution < -0.4 is 15.4 Å². The first-order valence-electron chi connectivity index (χ1n) is 8.48. The summed E-state index contributed by atoms with van der Waals surface area (Å²) in [5.74, 6) is 0.242. The second-order valence-electron chi connectivity index (χ2n) is 5.74. The molecule has 0 unspecified atom stereocenters. The number of para-hydroxylation sites is 1. The molecule has 0 aliphatic carbocycles. The third-order valence-corrected chi connectivity index (χ3v) is 3.76. The van der Waals surface area contributed by atoms with Gasteiger partial charge >= 0.3 is 0 Å². The molecular formula is C20H24N2O3. The van der Waals surface area contributed by atoms with Crippen LogP contribution in [0.15, 0.2) is 48.5 Å². The van der Waals surface area contributed by atoms with Gasteiger partial charge in [-0.3, -0.25) is 9.59 Å². The minimum Gasteiger partial charge on any atom is -0.496 e. The van der Waals surface area contributed by atoms with E-state index >= 15 is 0 Å². The number of carbonyl (C=O) groups is 2. The number of carbonyl (C=O) groups excluding carboxylic acids is 2. The van der Waals surface area contributed by atoms with E-state index in [1.807, 2.05) is 6.07 Å². The SMILES string of the molecule is CCCCCC(=O)Nc1cccc(NC(=O)c2ccccc2OC)c1. The predicted octanol–water partition coefficient (Wildman–Crippen LogP) is 4.47. The van der Waals surface area contributed by atoms with Crippen molar-refractivity contribution in [2.75, 3.05) is 17.7 Å². The first-order valence-corrected chi connectivity index (χ1v) is 8.48. The molecule has 0 radical (unpaired) electrons. The third kappa shape index (κ3) is 5.64. The van der Waals surface area contributed by atoms with Crippen molar-refractivity contribution >= 4 is 23.2 Å². The largest absolute Gasteiger partial charge is 0.496 e. The average molecular weight is 340 g/mol. The quantitative estimate of drug-likeness (QED) is 0.697. The van der Waals surface area contributed by atoms with Crippen molar-refractivity contribution in [2.45, 2.75) is 32.6 Å². The van der Waals surface area contributed by atoms with Crippen molar-refractivity contribution < 1.29 is 14.3 Å². The fourth-order valence-corrected chi connectivity index (χ4v) is 2.46. The van der Waals surface area contributed by atoms with Crippen LogP contribution >= 0.6 is 0 Å². The monoisotopic (exact) mass is 340 g/mol. The highest BCUT2D eigenvalue weighted by Gasteiger charge is 2.12. The van der Waals surface area contributed by atoms with Gasteiger partial charge in [-0.15, -0.1) is 0 Å². The summed E-state index contributed by atoms with van der Waals surface area (Å²) in [5, 5.41) is 5.69. The van der Waals surface area contributed by atoms with Gasteiger partial charge in [-0.1, -0.05) is 38.0 Å². The number of nitrogens with one attached hydrogen (secondary N) is 2. The molecule has 5 heteroatoms. The van der Waals surface area contributed by atoms with Crippen LogP contribution in [0.25, 0.3) is 0 Å². The number of rotatable bonds is 8. The summed E-state index contributed by atoms with van der Waals surface area (Å²) < 4.78 is 5.21. The van der Waals surface area contributed by atoms with Gasteiger partial charge in [0.1, 0.15) is 5.75 Å². The van der Waals surface area contributed by atoms with Gasteiger partial charge in [-0.05, 0) is 36.8 Å². The molecule has 0 saturated carbocycles. The Morgan fingerprint density at radius 2 is 1.68 bits per heavy atom. The van der Waals surface area contributed by atoms with Gasteiger partial charge in [0.25, 0.3) is 5.91 Å². The summed E-state index contributed by atoms with van der Waals surface area (Å²) in [6, 6.07) is 14.1. The average Bonchev–Trinajstić information content (AvgIpc) is 2.62. The first-order chi connectivity index (χ1) is 12.1. The lowest BCUT2D eigenvalue weighted by Gasteiger charge is -2.11. The van der Waals surface area contributed by atoms with E-state index in [4.69, 9.17) is 4.74 Å². The standard InChI is InChI=1S/C20H24N2O3/c1-3-4-5-13-19(23)21-15-9-8-10-16(14-15)22-20(24)17-11-6-7-12-18(17)25-2/h6-12,14H,3-5,13H2,1-2H3,(H,21,23)(H,22,24). The lowest BCUT2D eigenvalue weighted by Crippen LogP contribution is -2.14. The molecule has 0 heterocycles. The van der Waals surface area contributed by atoms with Gasteiger partial charge in [-0.25, -0.2) is 0 Å². The molecule has 2 aromatic carbocycles. The summed E-state index contributed by atoms with van der Waals surface area (Å²) in [6.07, 6.45) is 3.51. The van der Waals surface area contributed by atoms with Crippen LogP contribution in [0.2, 0.25) is 0 Å². The number of benzene rings is 2. The zero-order valence-electron chi connectivity index (χ0n) is 14.7. The summed E-state index contributed by atoms with van der Waals surface area (Å²) in [6.45, 7) is 2.10. The van der Waals surface area contributed by atoms with Gasteiger partial charge < -0.3 is 15.4 Å². The summed E-state index contributed by atoms with van der Waals surface area (Å²) in [7, 11) is 1.53. The number of anilines is 2. The summed E-state index contributed by atoms with van der Waals surface area (Å²) >= 11 is 0. The van der Waals surface area contributed by atoms with Crippen molar-refractivity contribution in [3.63, 3.8) is 0 Å². The zero-order chi connectivity index (χ0) is 18.1. The maximum Gasteiger partial charge on any atom is 0.259 e. The van der Waals surface area contributed by atoms with Crippen LogP contribution in [0.4, 0.5) is 11.4 Å². The second kappa shape index (κ2) is 9.47. The number of hydrogen-bond donors (Lipinski definition) is 2. The molecular weight excluding hydrogens is 316 g/mol. The van der Waals surface area contributed by atoms with Crippen molar-refractivity contribution in [1.29, 1.82) is 0 Å². The van der Waals surface area contributed by atoms with Gasteiger partial charge in [0.05, 0.1) is 12.7 Å². The van der Waals surface area contributed by atoms with E-state index in [0.717, 1.165) is 19.3 Å². The van der Waals surface area contributed by atoms with E-state index in [0.29, 0.717) is 29.1 Å². The topological polar surface area (TPSA) is 67.4 Å². The molecule has 132 valence electrons. The molecule has 0 aliphatic heterocycles. The summed E-state index contributed by atoms with van der Waals surface area (Å²) in [5.41, 5.74) is 1.74. The number of unbranched alkanes of at least 4 members (excludes halogenated alkanes) is 2. The minimum absolute atomic E-state index is 0.0124. The smallest absolute Gasteiger partial charge is 0.259 e. The highest BCUT2D eigenvalue weighted by Crippen LogP contribution is 2.21. The van der Waals surface area contributed by atoms with Crippen molar-refractivity contribution in [3.05, 3.63) is 54.1 Å². The number of ether oxygens (including phenoxy) is 1. The Balaban J connectivity index is 2.01. The van der Waals surface area contributed by atoms with E-state index in [-0.39, 0.29) is 11.8 Å². The molecule has 0 saturated heterocycles. The Labute approximate surface area is 148 Å². The number of amides is 2. The van der Waals surface area contributed by atoms with Crippen molar-refractivity contribution in [2.24, 2.45) is 0 Å². The summed E-state index contributed by atoms with van der Waals surface area (Å²) in [4.78, 5) is 24.3. The Morgan fingerprint density at radius 1 is 0.960 bits per heavy atom. The second-order valence-corrected chi connectivity index (χ2v) is 5.74. The minimum atomic E-state index is -0.260. The molecule has 0 aliphatic rings. The predicted molar refractivity (Wildman–Crippen MR) is 100 cm³/mol. The Hall–Kier alpha value is -2.82. The van der Waals surface area contributed by atoms with E-state index < -0.39 is 0 Å². The van der Waals surface area contributed by atoms with E-state index in [9.17, 15) is 9.59 Å². The van der Waals surface area contributed by atoms with Crippen LogP contribution in [-0.4, -0.2) is 18.9 Å². The maximum atomic E-state index is 12.4. The molecule has 0 atom stereocenters. The maximum absolute atomic E-state index is 12.4. The molecule has 0 spiro atoms. The fraction of sp³-hybridized carbons (Fsp3) is 0.300. The normalized spacial score (nSPS) is 10.2. The van der Waals surface area contributed by atoms with Gasteiger partial charge in [0.2, 0.25) is 5.91 Å². The lowest BCUT2D eigenvalue weighted by molar-refractivity contribution is -0.116. The van der Waals surface area contributed by atoms with Crippen LogP contribution in [-0.2, 0) is 4.79 Å². The highest BCUT2D eigenvalue weighted by atomic mass is 16.5. The molecule has 0 aromatic heterocycles. The molecule has 0 fully saturated rings. The number of hydrogen-bond acceptors (Lipinski definition) is 3. The molecule has 2 aromatic rings. The number of methoxy groups -OCH3 is 1. The van der Waals surface area contributed by atoms with Crippen LogP contribution in [0, 0.1) is 0 Å². The van der Waals surface area contributed by atoms with E-state index in [2.05, 4.69) is 17.6 Å². The fourth-order valence-electron chi connectivity index (χ4n) is 2.46. The van der Waals surface area contributed by atoms with Gasteiger partial charge in [0, 0.05) is 17.8 Å². The molecule has 2 amide bonds. The van der Waals surface area contributed by atoms with E-state index in [1.165, 1.54) is 7.11 Å². The van der Waals surface area contributed by atoms with Gasteiger partial charge in [-0.2, -0.15) is 0 Å². The van der Waals surface area contributed by atoms with Crippen molar-refractivity contribution in [1.82, 2.24) is 0 Å². The Morgan fingerprint density at radius 3 is 2.40 bits per heavy atom. The van der Waals surface area contributed by atoms with Crippen LogP contribution in [0.3, 0.4) is 0 Å². The first kappa shape index (κ1) is 18.5. The molecule has 0 bridgehead atoms. The molecule has 5 nitrogen and oxygen atoms in total. The Kier molecular flexibility index (Phi) is 7.01. The molecule has 2 N–H and O–H groups in total.